The van der Waals surface area contributed by atoms with E-state index in [9.17, 15) is 9.36 Å². The Labute approximate surface area is 113 Å². The number of hydrogen-bond acceptors (Lipinski definition) is 3. The number of carbonyl (C=O) groups excluding carboxylic acids is 1. The summed E-state index contributed by atoms with van der Waals surface area (Å²) < 4.78 is 14.5. The number of benzene rings is 1. The van der Waals surface area contributed by atoms with Gasteiger partial charge in [0, 0.05) is 0 Å². The first-order valence-electron chi connectivity index (χ1n) is 4.18. The SMILES string of the molecule is Cc1cc(C)c(C(=O)OP=O)c(C)c1.[NaH]. The molecule has 1 aromatic carbocycles. The minimum absolute atomic E-state index is 0. The Hall–Kier alpha value is -0.210. The molecule has 0 unspecified atom stereocenters. The molecule has 0 amide bonds. The van der Waals surface area contributed by atoms with E-state index in [2.05, 4.69) is 4.52 Å². The molecule has 0 saturated carbocycles. The maximum absolute atomic E-state index is 11.4. The van der Waals surface area contributed by atoms with Gasteiger partial charge >= 0.3 is 44.2 Å². The summed E-state index contributed by atoms with van der Waals surface area (Å²) in [5.74, 6) is -0.545. The normalized spacial score (nSPS) is 9.53. The van der Waals surface area contributed by atoms with Crippen LogP contribution in [0.4, 0.5) is 0 Å². The monoisotopic (exact) mass is 234 g/mol. The van der Waals surface area contributed by atoms with Crippen LogP contribution in [-0.4, -0.2) is 35.5 Å². The Morgan fingerprint density at radius 2 is 1.67 bits per heavy atom. The molecule has 0 N–H and O–H groups in total. The molecule has 76 valence electrons. The standard InChI is InChI=1S/C10H11O3P.Na.H/c1-6-4-7(2)9(8(3)5-6)10(11)13-14-12;;/h4-5H,1-3H3;;. The van der Waals surface area contributed by atoms with Crippen LogP contribution >= 0.6 is 8.69 Å². The molecule has 0 aliphatic rings. The molecule has 0 atom stereocenters. The summed E-state index contributed by atoms with van der Waals surface area (Å²) in [6, 6.07) is 3.79. The topological polar surface area (TPSA) is 43.4 Å². The van der Waals surface area contributed by atoms with Crippen LogP contribution in [0.2, 0.25) is 0 Å². The molecule has 0 radical (unpaired) electrons. The van der Waals surface area contributed by atoms with Crippen LogP contribution in [0.15, 0.2) is 12.1 Å². The second-order valence-corrected chi connectivity index (χ2v) is 3.56. The van der Waals surface area contributed by atoms with Crippen LogP contribution in [0.3, 0.4) is 0 Å². The number of aryl methyl sites for hydroxylation is 3. The van der Waals surface area contributed by atoms with Crippen molar-refractivity contribution in [3.05, 3.63) is 34.4 Å². The zero-order valence-electron chi connectivity index (χ0n) is 8.33. The first-order valence-corrected chi connectivity index (χ1v) is 4.91. The van der Waals surface area contributed by atoms with Crippen molar-refractivity contribution in [1.29, 1.82) is 0 Å². The predicted molar refractivity (Wildman–Crippen MR) is 60.8 cm³/mol. The zero-order valence-corrected chi connectivity index (χ0v) is 9.22. The second kappa shape index (κ2) is 6.39. The third-order valence-electron chi connectivity index (χ3n) is 2.00. The van der Waals surface area contributed by atoms with E-state index in [1.54, 1.807) is 0 Å². The van der Waals surface area contributed by atoms with Crippen molar-refractivity contribution in [2.45, 2.75) is 20.8 Å². The minimum atomic E-state index is -0.610. The van der Waals surface area contributed by atoms with Crippen LogP contribution in [-0.2, 0) is 9.09 Å². The molecule has 5 heteroatoms. The first-order chi connectivity index (χ1) is 6.56. The van der Waals surface area contributed by atoms with Crippen molar-refractivity contribution in [2.75, 3.05) is 0 Å². The van der Waals surface area contributed by atoms with Gasteiger partial charge in [-0.15, -0.1) is 0 Å². The average molecular weight is 234 g/mol. The molecule has 0 fully saturated rings. The summed E-state index contributed by atoms with van der Waals surface area (Å²) >= 11 is 0. The van der Waals surface area contributed by atoms with E-state index < -0.39 is 14.7 Å². The summed E-state index contributed by atoms with van der Waals surface area (Å²) in [7, 11) is -0.610. The molecule has 0 spiro atoms. The van der Waals surface area contributed by atoms with Gasteiger partial charge in [-0.2, -0.15) is 0 Å². The van der Waals surface area contributed by atoms with E-state index in [1.165, 1.54) is 0 Å². The van der Waals surface area contributed by atoms with E-state index in [0.717, 1.165) is 16.7 Å². The molecule has 15 heavy (non-hydrogen) atoms. The second-order valence-electron chi connectivity index (χ2n) is 3.23. The summed E-state index contributed by atoms with van der Waals surface area (Å²) in [6.07, 6.45) is 0. The quantitative estimate of drug-likeness (QED) is 0.582. The van der Waals surface area contributed by atoms with Gasteiger partial charge in [0.05, 0.1) is 5.56 Å². The summed E-state index contributed by atoms with van der Waals surface area (Å²) in [5.41, 5.74) is 3.28. The number of carbonyl (C=O) groups is 1. The van der Waals surface area contributed by atoms with Gasteiger partial charge in [0.2, 0.25) is 0 Å². The van der Waals surface area contributed by atoms with Gasteiger partial charge in [0.25, 0.3) is 0 Å². The molecule has 0 aliphatic heterocycles. The van der Waals surface area contributed by atoms with Crippen LogP contribution < -0.4 is 0 Å². The summed E-state index contributed by atoms with van der Waals surface area (Å²) in [5, 5.41) is 0. The number of hydrogen-bond donors (Lipinski definition) is 0. The molecule has 0 bridgehead atoms. The summed E-state index contributed by atoms with van der Waals surface area (Å²) in [6.45, 7) is 5.62. The molecular formula is C10H12NaO3P. The van der Waals surface area contributed by atoms with Gasteiger partial charge < -0.3 is 4.52 Å². The van der Waals surface area contributed by atoms with Gasteiger partial charge in [-0.3, -0.25) is 0 Å². The van der Waals surface area contributed by atoms with Crippen molar-refractivity contribution < 1.29 is 13.9 Å². The third kappa shape index (κ3) is 3.69. The van der Waals surface area contributed by atoms with Gasteiger partial charge in [-0.1, -0.05) is 17.7 Å². The predicted octanol–water partition coefficient (Wildman–Crippen LogP) is 2.33. The van der Waals surface area contributed by atoms with E-state index in [4.69, 9.17) is 0 Å². The van der Waals surface area contributed by atoms with Crippen LogP contribution in [0.5, 0.6) is 0 Å². The molecule has 0 aliphatic carbocycles. The Bertz CT molecular complexity index is 367. The number of rotatable bonds is 2. The van der Waals surface area contributed by atoms with Gasteiger partial charge in [-0.05, 0) is 31.9 Å². The van der Waals surface area contributed by atoms with Crippen molar-refractivity contribution in [1.82, 2.24) is 0 Å². The maximum atomic E-state index is 11.4. The molecule has 0 saturated heterocycles. The van der Waals surface area contributed by atoms with Crippen LogP contribution in [0.1, 0.15) is 27.0 Å². The van der Waals surface area contributed by atoms with Crippen molar-refractivity contribution in [3.63, 3.8) is 0 Å². The van der Waals surface area contributed by atoms with Crippen molar-refractivity contribution >= 4 is 44.2 Å². The van der Waals surface area contributed by atoms with Crippen molar-refractivity contribution in [2.24, 2.45) is 0 Å². The molecular weight excluding hydrogens is 222 g/mol. The Balaban J connectivity index is 0.00000196. The Morgan fingerprint density at radius 3 is 2.07 bits per heavy atom. The van der Waals surface area contributed by atoms with E-state index in [0.29, 0.717) is 5.56 Å². The Kier molecular flexibility index (Phi) is 6.30. The van der Waals surface area contributed by atoms with E-state index >= 15 is 0 Å². The van der Waals surface area contributed by atoms with Crippen LogP contribution in [0, 0.1) is 20.8 Å². The molecule has 0 heterocycles. The van der Waals surface area contributed by atoms with E-state index in [1.807, 2.05) is 32.9 Å². The molecule has 1 aromatic rings. The average Bonchev–Trinajstić information content (AvgIpc) is 2.01. The van der Waals surface area contributed by atoms with Crippen LogP contribution in [0.25, 0.3) is 0 Å². The zero-order chi connectivity index (χ0) is 10.7. The fourth-order valence-corrected chi connectivity index (χ4v) is 1.74. The fraction of sp³-hybridized carbons (Fsp3) is 0.300. The third-order valence-corrected chi connectivity index (χ3v) is 2.24. The molecule has 1 rings (SSSR count). The summed E-state index contributed by atoms with van der Waals surface area (Å²) in [4.78, 5) is 11.4. The molecule has 0 aromatic heterocycles. The van der Waals surface area contributed by atoms with E-state index in [-0.39, 0.29) is 29.6 Å². The van der Waals surface area contributed by atoms with Gasteiger partial charge in [0.1, 0.15) is 0 Å². The van der Waals surface area contributed by atoms with Gasteiger partial charge in [0.15, 0.2) is 0 Å². The van der Waals surface area contributed by atoms with Crippen molar-refractivity contribution in [3.8, 4) is 0 Å². The van der Waals surface area contributed by atoms with Gasteiger partial charge in [-0.25, -0.2) is 9.36 Å². The fourth-order valence-electron chi connectivity index (χ4n) is 1.58. The Morgan fingerprint density at radius 1 is 1.20 bits per heavy atom. The molecule has 3 nitrogen and oxygen atoms in total. The first kappa shape index (κ1) is 14.8.